The molecule has 1 aromatic carbocycles. The van der Waals surface area contributed by atoms with Crippen LogP contribution in [0.25, 0.3) is 0 Å². The summed E-state index contributed by atoms with van der Waals surface area (Å²) in [5.41, 5.74) is 0.586. The molecule has 0 saturated carbocycles. The highest BCUT2D eigenvalue weighted by Gasteiger charge is 2.25. The molecule has 0 spiro atoms. The minimum atomic E-state index is -3.50. The van der Waals surface area contributed by atoms with Gasteiger partial charge in [-0.3, -0.25) is 4.79 Å². The van der Waals surface area contributed by atoms with E-state index in [1.165, 1.54) is 4.31 Å². The van der Waals surface area contributed by atoms with Gasteiger partial charge < -0.3 is 5.32 Å². The SMILES string of the molecule is CCN(CC)S(=O)(=O)c1ccc2c(c1)NC(=O)[C@H](C)CS2. The van der Waals surface area contributed by atoms with Crippen molar-refractivity contribution in [3.63, 3.8) is 0 Å². The standard InChI is InChI=1S/C14H20N2O3S2/c1-4-16(5-2)21(18,19)11-6-7-13-12(8-11)15-14(17)10(3)9-20-13/h6-8,10H,4-5,9H2,1-3H3,(H,15,17)/t10-/m1/s1. The number of hydrogen-bond donors (Lipinski definition) is 1. The number of amides is 1. The number of carbonyl (C=O) groups excluding carboxylic acids is 1. The van der Waals surface area contributed by atoms with Crippen LogP contribution in [0.5, 0.6) is 0 Å². The maximum absolute atomic E-state index is 12.5. The van der Waals surface area contributed by atoms with Gasteiger partial charge in [-0.15, -0.1) is 11.8 Å². The number of anilines is 1. The van der Waals surface area contributed by atoms with E-state index in [0.29, 0.717) is 24.5 Å². The topological polar surface area (TPSA) is 66.5 Å². The van der Waals surface area contributed by atoms with Crippen molar-refractivity contribution in [2.45, 2.75) is 30.6 Å². The molecule has 1 aliphatic rings. The molecule has 0 radical (unpaired) electrons. The van der Waals surface area contributed by atoms with Gasteiger partial charge in [-0.2, -0.15) is 4.31 Å². The van der Waals surface area contributed by atoms with Gasteiger partial charge in [-0.1, -0.05) is 20.8 Å². The van der Waals surface area contributed by atoms with Gasteiger partial charge in [0.2, 0.25) is 15.9 Å². The van der Waals surface area contributed by atoms with Crippen molar-refractivity contribution in [1.29, 1.82) is 0 Å². The molecule has 116 valence electrons. The number of sulfonamides is 1. The molecule has 2 rings (SSSR count). The Hall–Kier alpha value is -1.05. The first-order valence-electron chi connectivity index (χ1n) is 6.98. The Morgan fingerprint density at radius 3 is 2.62 bits per heavy atom. The van der Waals surface area contributed by atoms with E-state index in [1.54, 1.807) is 30.0 Å². The Morgan fingerprint density at radius 2 is 2.00 bits per heavy atom. The Morgan fingerprint density at radius 1 is 1.33 bits per heavy atom. The van der Waals surface area contributed by atoms with E-state index >= 15 is 0 Å². The second-order valence-electron chi connectivity index (χ2n) is 4.95. The first-order chi connectivity index (χ1) is 9.90. The minimum Gasteiger partial charge on any atom is -0.325 e. The molecule has 0 aliphatic carbocycles. The summed E-state index contributed by atoms with van der Waals surface area (Å²) >= 11 is 1.57. The average molecular weight is 328 g/mol. The minimum absolute atomic E-state index is 0.0707. The molecule has 21 heavy (non-hydrogen) atoms. The van der Waals surface area contributed by atoms with Gasteiger partial charge >= 0.3 is 0 Å². The van der Waals surface area contributed by atoms with Crippen LogP contribution in [0, 0.1) is 5.92 Å². The Bertz CT molecular complexity index is 640. The van der Waals surface area contributed by atoms with Crippen LogP contribution in [0.2, 0.25) is 0 Å². The number of nitrogens with one attached hydrogen (secondary N) is 1. The molecular formula is C14H20N2O3S2. The zero-order chi connectivity index (χ0) is 15.6. The molecule has 0 fully saturated rings. The fraction of sp³-hybridized carbons (Fsp3) is 0.500. The zero-order valence-electron chi connectivity index (χ0n) is 12.4. The van der Waals surface area contributed by atoms with Gasteiger partial charge in [-0.05, 0) is 18.2 Å². The second-order valence-corrected chi connectivity index (χ2v) is 7.95. The van der Waals surface area contributed by atoms with Crippen LogP contribution in [0.4, 0.5) is 5.69 Å². The van der Waals surface area contributed by atoms with E-state index in [2.05, 4.69) is 5.32 Å². The lowest BCUT2D eigenvalue weighted by atomic mass is 10.2. The number of fused-ring (bicyclic) bond motifs is 1. The lowest BCUT2D eigenvalue weighted by molar-refractivity contribution is -0.118. The smallest absolute Gasteiger partial charge is 0.243 e. The predicted octanol–water partition coefficient (Wildman–Crippen LogP) is 2.40. The van der Waals surface area contributed by atoms with Gasteiger partial charge in [0.05, 0.1) is 10.6 Å². The lowest BCUT2D eigenvalue weighted by Gasteiger charge is -2.19. The van der Waals surface area contributed by atoms with Crippen molar-refractivity contribution in [2.24, 2.45) is 5.92 Å². The highest BCUT2D eigenvalue weighted by atomic mass is 32.2. The van der Waals surface area contributed by atoms with Crippen LogP contribution in [0.1, 0.15) is 20.8 Å². The van der Waals surface area contributed by atoms with Crippen molar-refractivity contribution in [1.82, 2.24) is 4.31 Å². The number of nitrogens with zero attached hydrogens (tertiary/aromatic N) is 1. The van der Waals surface area contributed by atoms with Crippen molar-refractivity contribution >= 4 is 33.4 Å². The molecule has 7 heteroatoms. The van der Waals surface area contributed by atoms with Gasteiger partial charge in [0.25, 0.3) is 0 Å². The van der Waals surface area contributed by atoms with Crippen LogP contribution >= 0.6 is 11.8 Å². The zero-order valence-corrected chi connectivity index (χ0v) is 14.1. The van der Waals surface area contributed by atoms with Gasteiger partial charge in [0, 0.05) is 29.7 Å². The molecule has 1 N–H and O–H groups in total. The third kappa shape index (κ3) is 3.25. The fourth-order valence-electron chi connectivity index (χ4n) is 2.15. The van der Waals surface area contributed by atoms with Crippen LogP contribution in [0.15, 0.2) is 28.0 Å². The van der Waals surface area contributed by atoms with Crippen LogP contribution in [0.3, 0.4) is 0 Å². The Kier molecular flexibility index (Phi) is 4.95. The maximum atomic E-state index is 12.5. The normalized spacial score (nSPS) is 19.0. The summed E-state index contributed by atoms with van der Waals surface area (Å²) in [5.74, 6) is 0.532. The van der Waals surface area contributed by atoms with Crippen molar-refractivity contribution < 1.29 is 13.2 Å². The van der Waals surface area contributed by atoms with E-state index in [4.69, 9.17) is 0 Å². The lowest BCUT2D eigenvalue weighted by Crippen LogP contribution is -2.30. The molecule has 0 saturated heterocycles. The highest BCUT2D eigenvalue weighted by Crippen LogP contribution is 2.34. The van der Waals surface area contributed by atoms with Crippen molar-refractivity contribution in [2.75, 3.05) is 24.2 Å². The molecule has 1 aromatic rings. The van der Waals surface area contributed by atoms with E-state index in [0.717, 1.165) is 4.90 Å². The molecule has 1 heterocycles. The van der Waals surface area contributed by atoms with Crippen molar-refractivity contribution in [3.05, 3.63) is 18.2 Å². The molecule has 1 aliphatic heterocycles. The Balaban J connectivity index is 2.42. The second kappa shape index (κ2) is 6.37. The maximum Gasteiger partial charge on any atom is 0.243 e. The van der Waals surface area contributed by atoms with Crippen LogP contribution < -0.4 is 5.32 Å². The number of benzene rings is 1. The number of rotatable bonds is 4. The number of hydrogen-bond acceptors (Lipinski definition) is 4. The monoisotopic (exact) mass is 328 g/mol. The molecule has 5 nitrogen and oxygen atoms in total. The quantitative estimate of drug-likeness (QED) is 0.921. The molecule has 1 atom stereocenters. The van der Waals surface area contributed by atoms with Crippen molar-refractivity contribution in [3.8, 4) is 0 Å². The molecule has 1 amide bonds. The summed E-state index contributed by atoms with van der Waals surface area (Å²) in [5, 5.41) is 2.82. The molecular weight excluding hydrogens is 308 g/mol. The summed E-state index contributed by atoms with van der Waals surface area (Å²) in [6.45, 7) is 6.33. The molecule has 0 unspecified atom stereocenters. The summed E-state index contributed by atoms with van der Waals surface area (Å²) < 4.78 is 26.4. The van der Waals surface area contributed by atoms with E-state index in [9.17, 15) is 13.2 Å². The molecule has 0 bridgehead atoms. The van der Waals surface area contributed by atoms with E-state index in [-0.39, 0.29) is 16.7 Å². The van der Waals surface area contributed by atoms with E-state index in [1.807, 2.05) is 20.8 Å². The summed E-state index contributed by atoms with van der Waals surface area (Å²) in [6.07, 6.45) is 0. The number of carbonyl (C=O) groups is 1. The van der Waals surface area contributed by atoms with Gasteiger partial charge in [-0.25, -0.2) is 8.42 Å². The van der Waals surface area contributed by atoms with Crippen LogP contribution in [-0.4, -0.2) is 37.5 Å². The number of thioether (sulfide) groups is 1. The van der Waals surface area contributed by atoms with Crippen LogP contribution in [-0.2, 0) is 14.8 Å². The Labute approximate surface area is 130 Å². The first-order valence-corrected chi connectivity index (χ1v) is 9.40. The summed E-state index contributed by atoms with van der Waals surface area (Å²) in [4.78, 5) is 13.0. The largest absolute Gasteiger partial charge is 0.325 e. The van der Waals surface area contributed by atoms with Gasteiger partial charge in [0.15, 0.2) is 0 Å². The first kappa shape index (κ1) is 16.3. The van der Waals surface area contributed by atoms with E-state index < -0.39 is 10.0 Å². The average Bonchev–Trinajstić information content (AvgIpc) is 2.59. The predicted molar refractivity (Wildman–Crippen MR) is 85.1 cm³/mol. The third-order valence-corrected chi connectivity index (χ3v) is 6.87. The fourth-order valence-corrected chi connectivity index (χ4v) is 4.65. The summed E-state index contributed by atoms with van der Waals surface area (Å²) in [6, 6.07) is 4.95. The molecule has 0 aromatic heterocycles. The third-order valence-electron chi connectivity index (χ3n) is 3.49. The highest BCUT2D eigenvalue weighted by molar-refractivity contribution is 7.99. The summed E-state index contributed by atoms with van der Waals surface area (Å²) in [7, 11) is -3.50. The van der Waals surface area contributed by atoms with Gasteiger partial charge in [0.1, 0.15) is 0 Å².